The topological polar surface area (TPSA) is 24.5 Å². The molecule has 1 saturated heterocycles. The van der Waals surface area contributed by atoms with Crippen molar-refractivity contribution in [1.29, 1.82) is 0 Å². The van der Waals surface area contributed by atoms with Gasteiger partial charge in [-0.2, -0.15) is 0 Å². The molecular formula is C13H28N2O. The Labute approximate surface area is 101 Å². The lowest BCUT2D eigenvalue weighted by Gasteiger charge is -2.29. The number of nitrogens with one attached hydrogen (secondary N) is 1. The predicted octanol–water partition coefficient (Wildman–Crippen LogP) is 1.73. The summed E-state index contributed by atoms with van der Waals surface area (Å²) in [7, 11) is 1.79. The molecule has 0 aromatic heterocycles. The van der Waals surface area contributed by atoms with Crippen molar-refractivity contribution in [2.75, 3.05) is 39.9 Å². The molecule has 0 aromatic rings. The van der Waals surface area contributed by atoms with E-state index in [0.29, 0.717) is 6.04 Å². The summed E-state index contributed by atoms with van der Waals surface area (Å²) in [4.78, 5) is 2.57. The molecule has 1 rings (SSSR count). The summed E-state index contributed by atoms with van der Waals surface area (Å²) in [6.07, 6.45) is 3.92. The summed E-state index contributed by atoms with van der Waals surface area (Å²) in [6.45, 7) is 10.2. The molecule has 1 fully saturated rings. The van der Waals surface area contributed by atoms with Crippen LogP contribution in [0.5, 0.6) is 0 Å². The van der Waals surface area contributed by atoms with Crippen LogP contribution in [-0.2, 0) is 4.74 Å². The van der Waals surface area contributed by atoms with Crippen LogP contribution >= 0.6 is 0 Å². The van der Waals surface area contributed by atoms with Crippen molar-refractivity contribution in [3.05, 3.63) is 0 Å². The second-order valence-corrected chi connectivity index (χ2v) is 4.93. The van der Waals surface area contributed by atoms with Gasteiger partial charge in [0.2, 0.25) is 0 Å². The van der Waals surface area contributed by atoms with E-state index in [9.17, 15) is 0 Å². The van der Waals surface area contributed by atoms with Crippen LogP contribution in [0.1, 0.15) is 33.1 Å². The Balaban J connectivity index is 2.24. The molecule has 0 aromatic carbocycles. The van der Waals surface area contributed by atoms with E-state index < -0.39 is 0 Å². The van der Waals surface area contributed by atoms with Gasteiger partial charge in [0, 0.05) is 19.7 Å². The van der Waals surface area contributed by atoms with Crippen molar-refractivity contribution in [3.8, 4) is 0 Å². The SMILES string of the molecule is CCC(C)N(CCOC)CCC1CCNC1. The van der Waals surface area contributed by atoms with Crippen molar-refractivity contribution in [1.82, 2.24) is 10.2 Å². The number of hydrogen-bond donors (Lipinski definition) is 1. The predicted molar refractivity (Wildman–Crippen MR) is 68.8 cm³/mol. The lowest BCUT2D eigenvalue weighted by molar-refractivity contribution is 0.118. The van der Waals surface area contributed by atoms with Crippen LogP contribution in [-0.4, -0.2) is 50.8 Å². The molecule has 0 amide bonds. The van der Waals surface area contributed by atoms with E-state index in [1.54, 1.807) is 7.11 Å². The van der Waals surface area contributed by atoms with Gasteiger partial charge in [-0.3, -0.25) is 4.90 Å². The molecule has 1 N–H and O–H groups in total. The molecule has 16 heavy (non-hydrogen) atoms. The second-order valence-electron chi connectivity index (χ2n) is 4.93. The van der Waals surface area contributed by atoms with E-state index in [1.807, 2.05) is 0 Å². The zero-order valence-electron chi connectivity index (χ0n) is 11.2. The molecule has 0 spiro atoms. The van der Waals surface area contributed by atoms with Crippen LogP contribution in [0, 0.1) is 5.92 Å². The van der Waals surface area contributed by atoms with Crippen molar-refractivity contribution >= 4 is 0 Å². The standard InChI is InChI=1S/C13H28N2O/c1-4-12(2)15(9-10-16-3)8-6-13-5-7-14-11-13/h12-14H,4-11H2,1-3H3. The molecule has 3 nitrogen and oxygen atoms in total. The molecule has 96 valence electrons. The molecule has 3 heteroatoms. The maximum absolute atomic E-state index is 5.18. The summed E-state index contributed by atoms with van der Waals surface area (Å²) >= 11 is 0. The summed E-state index contributed by atoms with van der Waals surface area (Å²) in [5, 5.41) is 3.44. The van der Waals surface area contributed by atoms with Gasteiger partial charge in [-0.25, -0.2) is 0 Å². The number of methoxy groups -OCH3 is 1. The minimum absolute atomic E-state index is 0.685. The first-order chi connectivity index (χ1) is 7.77. The number of rotatable bonds is 8. The fourth-order valence-corrected chi connectivity index (χ4v) is 2.33. The number of hydrogen-bond acceptors (Lipinski definition) is 3. The third kappa shape index (κ3) is 4.81. The molecule has 1 aliphatic heterocycles. The maximum Gasteiger partial charge on any atom is 0.0589 e. The van der Waals surface area contributed by atoms with Gasteiger partial charge in [-0.1, -0.05) is 6.92 Å². The quantitative estimate of drug-likeness (QED) is 0.685. The van der Waals surface area contributed by atoms with E-state index in [4.69, 9.17) is 4.74 Å². The Morgan fingerprint density at radius 2 is 2.25 bits per heavy atom. The van der Waals surface area contributed by atoms with E-state index >= 15 is 0 Å². The lowest BCUT2D eigenvalue weighted by Crippen LogP contribution is -2.37. The van der Waals surface area contributed by atoms with Crippen LogP contribution in [0.4, 0.5) is 0 Å². The zero-order valence-corrected chi connectivity index (χ0v) is 11.2. The van der Waals surface area contributed by atoms with Crippen molar-refractivity contribution in [2.45, 2.75) is 39.2 Å². The van der Waals surface area contributed by atoms with Gasteiger partial charge in [-0.05, 0) is 51.7 Å². The fraction of sp³-hybridized carbons (Fsp3) is 1.00. The first-order valence-electron chi connectivity index (χ1n) is 6.71. The molecule has 1 aliphatic rings. The van der Waals surface area contributed by atoms with Crippen molar-refractivity contribution < 1.29 is 4.74 Å². The van der Waals surface area contributed by atoms with Gasteiger partial charge >= 0.3 is 0 Å². The van der Waals surface area contributed by atoms with Crippen LogP contribution in [0.2, 0.25) is 0 Å². The molecule has 1 heterocycles. The fourth-order valence-electron chi connectivity index (χ4n) is 2.33. The summed E-state index contributed by atoms with van der Waals surface area (Å²) in [5.74, 6) is 0.897. The van der Waals surface area contributed by atoms with Gasteiger partial charge in [-0.15, -0.1) is 0 Å². The monoisotopic (exact) mass is 228 g/mol. The van der Waals surface area contributed by atoms with Gasteiger partial charge in [0.05, 0.1) is 6.61 Å². The van der Waals surface area contributed by atoms with Crippen molar-refractivity contribution in [2.24, 2.45) is 5.92 Å². The van der Waals surface area contributed by atoms with Gasteiger partial charge in [0.15, 0.2) is 0 Å². The van der Waals surface area contributed by atoms with E-state index in [1.165, 1.54) is 38.9 Å². The second kappa shape index (κ2) is 8.04. The first kappa shape index (κ1) is 13.9. The summed E-state index contributed by atoms with van der Waals surface area (Å²) in [5.41, 5.74) is 0. The largest absolute Gasteiger partial charge is 0.383 e. The molecule has 0 bridgehead atoms. The maximum atomic E-state index is 5.18. The normalized spacial score (nSPS) is 22.9. The highest BCUT2D eigenvalue weighted by Gasteiger charge is 2.17. The Morgan fingerprint density at radius 1 is 1.44 bits per heavy atom. The van der Waals surface area contributed by atoms with Gasteiger partial charge in [0.25, 0.3) is 0 Å². The average Bonchev–Trinajstić information content (AvgIpc) is 2.81. The molecule has 2 unspecified atom stereocenters. The van der Waals surface area contributed by atoms with Crippen LogP contribution in [0.25, 0.3) is 0 Å². The Bertz CT molecular complexity index is 169. The first-order valence-corrected chi connectivity index (χ1v) is 6.71. The smallest absolute Gasteiger partial charge is 0.0589 e. The minimum Gasteiger partial charge on any atom is -0.383 e. The van der Waals surface area contributed by atoms with Crippen LogP contribution < -0.4 is 5.32 Å². The number of nitrogens with zero attached hydrogens (tertiary/aromatic N) is 1. The highest BCUT2D eigenvalue weighted by molar-refractivity contribution is 4.74. The Kier molecular flexibility index (Phi) is 7.01. The molecule has 2 atom stereocenters. The highest BCUT2D eigenvalue weighted by Crippen LogP contribution is 2.14. The molecule has 0 saturated carbocycles. The van der Waals surface area contributed by atoms with E-state index in [2.05, 4.69) is 24.1 Å². The number of ether oxygens (including phenoxy) is 1. The van der Waals surface area contributed by atoms with E-state index in [-0.39, 0.29) is 0 Å². The van der Waals surface area contributed by atoms with Gasteiger partial charge in [0.1, 0.15) is 0 Å². The summed E-state index contributed by atoms with van der Waals surface area (Å²) in [6, 6.07) is 0.685. The third-order valence-corrected chi connectivity index (χ3v) is 3.78. The Hall–Kier alpha value is -0.120. The van der Waals surface area contributed by atoms with Crippen molar-refractivity contribution in [3.63, 3.8) is 0 Å². The molecule has 0 aliphatic carbocycles. The van der Waals surface area contributed by atoms with Crippen LogP contribution in [0.3, 0.4) is 0 Å². The Morgan fingerprint density at radius 3 is 2.81 bits per heavy atom. The van der Waals surface area contributed by atoms with Gasteiger partial charge < -0.3 is 10.1 Å². The molecular weight excluding hydrogens is 200 g/mol. The average molecular weight is 228 g/mol. The van der Waals surface area contributed by atoms with E-state index in [0.717, 1.165) is 19.1 Å². The lowest BCUT2D eigenvalue weighted by atomic mass is 10.0. The molecule has 0 radical (unpaired) electrons. The van der Waals surface area contributed by atoms with Crippen LogP contribution in [0.15, 0.2) is 0 Å². The third-order valence-electron chi connectivity index (χ3n) is 3.78. The zero-order chi connectivity index (χ0) is 11.8. The summed E-state index contributed by atoms with van der Waals surface area (Å²) < 4.78 is 5.18. The minimum atomic E-state index is 0.685. The highest BCUT2D eigenvalue weighted by atomic mass is 16.5.